The van der Waals surface area contributed by atoms with Crippen molar-refractivity contribution in [2.24, 2.45) is 0 Å². The molecule has 3 rings (SSSR count). The number of rotatable bonds is 1. The summed E-state index contributed by atoms with van der Waals surface area (Å²) in [6.45, 7) is 1.96. The normalized spacial score (nSPS) is 27.9. The van der Waals surface area contributed by atoms with E-state index in [-0.39, 0.29) is 5.54 Å². The molecule has 0 bridgehead atoms. The van der Waals surface area contributed by atoms with Gasteiger partial charge in [0.2, 0.25) is 5.91 Å². The second-order valence-electron chi connectivity index (χ2n) is 5.58. The van der Waals surface area contributed by atoms with E-state index in [2.05, 4.69) is 14.9 Å². The number of carbonyl (C=O) groups excluding carboxylic acids is 1. The lowest BCUT2D eigenvalue weighted by atomic mass is 9.88. The number of anilines is 1. The molecule has 0 saturated carbocycles. The lowest BCUT2D eigenvalue weighted by molar-refractivity contribution is -0.129. The number of hydrogen-bond donors (Lipinski definition) is 0. The smallest absolute Gasteiger partial charge is 0.222 e. The van der Waals surface area contributed by atoms with Crippen LogP contribution in [0.25, 0.3) is 0 Å². The van der Waals surface area contributed by atoms with Crippen molar-refractivity contribution in [2.75, 3.05) is 25.0 Å². The number of aromatic nitrogens is 2. The molecule has 0 unspecified atom stereocenters. The first kappa shape index (κ1) is 12.4. The number of amides is 1. The standard InChI is InChI=1S/C14H20N4O/c1-17-13(19)3-5-14(17)4-2-9-18(10-6-14)12-11-15-7-8-16-12/h7-8,11H,2-6,9-10H2,1H3/t14-/m0/s1. The summed E-state index contributed by atoms with van der Waals surface area (Å²) in [5.74, 6) is 1.25. The monoisotopic (exact) mass is 260 g/mol. The van der Waals surface area contributed by atoms with E-state index in [1.54, 1.807) is 12.4 Å². The van der Waals surface area contributed by atoms with Crippen molar-refractivity contribution >= 4 is 11.7 Å². The summed E-state index contributed by atoms with van der Waals surface area (Å²) in [4.78, 5) is 24.6. The third kappa shape index (κ3) is 2.17. The molecular formula is C14H20N4O. The molecule has 19 heavy (non-hydrogen) atoms. The maximum Gasteiger partial charge on any atom is 0.222 e. The van der Waals surface area contributed by atoms with E-state index in [9.17, 15) is 4.79 Å². The van der Waals surface area contributed by atoms with Crippen LogP contribution in [0.1, 0.15) is 32.1 Å². The molecule has 0 radical (unpaired) electrons. The molecule has 102 valence electrons. The van der Waals surface area contributed by atoms with Crippen LogP contribution in [0, 0.1) is 0 Å². The molecule has 5 heteroatoms. The third-order valence-electron chi connectivity index (χ3n) is 4.68. The average molecular weight is 260 g/mol. The van der Waals surface area contributed by atoms with Gasteiger partial charge in [0.05, 0.1) is 6.20 Å². The van der Waals surface area contributed by atoms with Crippen LogP contribution in [0.2, 0.25) is 0 Å². The second kappa shape index (κ2) is 4.79. The largest absolute Gasteiger partial charge is 0.355 e. The van der Waals surface area contributed by atoms with Gasteiger partial charge >= 0.3 is 0 Å². The summed E-state index contributed by atoms with van der Waals surface area (Å²) in [5, 5.41) is 0. The summed E-state index contributed by atoms with van der Waals surface area (Å²) >= 11 is 0. The first-order valence-corrected chi connectivity index (χ1v) is 6.99. The van der Waals surface area contributed by atoms with Crippen LogP contribution < -0.4 is 4.90 Å². The molecule has 2 fully saturated rings. The van der Waals surface area contributed by atoms with Crippen molar-refractivity contribution in [1.82, 2.24) is 14.9 Å². The first-order chi connectivity index (χ1) is 9.21. The van der Waals surface area contributed by atoms with Crippen molar-refractivity contribution in [1.29, 1.82) is 0 Å². The highest BCUT2D eigenvalue weighted by Crippen LogP contribution is 2.38. The zero-order valence-electron chi connectivity index (χ0n) is 11.4. The van der Waals surface area contributed by atoms with Crippen LogP contribution in [0.15, 0.2) is 18.6 Å². The summed E-state index contributed by atoms with van der Waals surface area (Å²) in [7, 11) is 1.97. The molecule has 1 aromatic heterocycles. The second-order valence-corrected chi connectivity index (χ2v) is 5.58. The highest BCUT2D eigenvalue weighted by Gasteiger charge is 2.43. The first-order valence-electron chi connectivity index (χ1n) is 6.99. The van der Waals surface area contributed by atoms with Gasteiger partial charge in [-0.3, -0.25) is 9.78 Å². The Kier molecular flexibility index (Phi) is 3.12. The molecule has 2 aliphatic rings. The summed E-state index contributed by atoms with van der Waals surface area (Å²) in [6, 6.07) is 0. The third-order valence-corrected chi connectivity index (χ3v) is 4.68. The van der Waals surface area contributed by atoms with Gasteiger partial charge in [0.1, 0.15) is 5.82 Å². The molecular weight excluding hydrogens is 240 g/mol. The van der Waals surface area contributed by atoms with Crippen molar-refractivity contribution in [3.05, 3.63) is 18.6 Å². The van der Waals surface area contributed by atoms with Gasteiger partial charge in [0.25, 0.3) is 0 Å². The lowest BCUT2D eigenvalue weighted by Gasteiger charge is -2.35. The molecule has 0 N–H and O–H groups in total. The van der Waals surface area contributed by atoms with Gasteiger partial charge in [-0.1, -0.05) is 0 Å². The minimum absolute atomic E-state index is 0.0913. The van der Waals surface area contributed by atoms with E-state index in [0.717, 1.165) is 44.6 Å². The van der Waals surface area contributed by atoms with E-state index in [1.165, 1.54) is 0 Å². The molecule has 0 aliphatic carbocycles. The van der Waals surface area contributed by atoms with Gasteiger partial charge in [-0.15, -0.1) is 0 Å². The van der Waals surface area contributed by atoms with Crippen molar-refractivity contribution in [2.45, 2.75) is 37.6 Å². The minimum atomic E-state index is 0.0913. The van der Waals surface area contributed by atoms with Crippen molar-refractivity contribution in [3.63, 3.8) is 0 Å². The zero-order chi connectivity index (χ0) is 13.3. The Labute approximate surface area is 113 Å². The summed E-state index contributed by atoms with van der Waals surface area (Å²) in [6.07, 6.45) is 10.2. The Balaban J connectivity index is 1.75. The minimum Gasteiger partial charge on any atom is -0.355 e. The van der Waals surface area contributed by atoms with Gasteiger partial charge in [-0.05, 0) is 25.7 Å². The Bertz CT molecular complexity index is 464. The Morgan fingerprint density at radius 2 is 2.11 bits per heavy atom. The highest BCUT2D eigenvalue weighted by atomic mass is 16.2. The Hall–Kier alpha value is -1.65. The molecule has 5 nitrogen and oxygen atoms in total. The van der Waals surface area contributed by atoms with Crippen LogP contribution >= 0.6 is 0 Å². The molecule has 2 aliphatic heterocycles. The van der Waals surface area contributed by atoms with Gasteiger partial charge in [-0.2, -0.15) is 0 Å². The predicted octanol–water partition coefficient (Wildman–Crippen LogP) is 1.46. The molecule has 1 spiro atoms. The van der Waals surface area contributed by atoms with Gasteiger partial charge in [0, 0.05) is 44.5 Å². The SMILES string of the molecule is CN1C(=O)CC[C@]12CCCN(c1cnccn1)CC2. The maximum atomic E-state index is 11.8. The summed E-state index contributed by atoms with van der Waals surface area (Å²) < 4.78 is 0. The molecule has 2 saturated heterocycles. The number of hydrogen-bond acceptors (Lipinski definition) is 4. The lowest BCUT2D eigenvalue weighted by Crippen LogP contribution is -2.43. The maximum absolute atomic E-state index is 11.8. The van der Waals surface area contributed by atoms with Crippen LogP contribution in [0.5, 0.6) is 0 Å². The van der Waals surface area contributed by atoms with Crippen molar-refractivity contribution < 1.29 is 4.79 Å². The molecule has 1 aromatic rings. The van der Waals surface area contributed by atoms with E-state index < -0.39 is 0 Å². The Morgan fingerprint density at radius 1 is 1.21 bits per heavy atom. The van der Waals surface area contributed by atoms with Crippen LogP contribution in [-0.4, -0.2) is 46.5 Å². The highest BCUT2D eigenvalue weighted by molar-refractivity contribution is 5.79. The molecule has 3 heterocycles. The molecule has 0 aromatic carbocycles. The van der Waals surface area contributed by atoms with Crippen LogP contribution in [-0.2, 0) is 4.79 Å². The molecule has 1 atom stereocenters. The van der Waals surface area contributed by atoms with Gasteiger partial charge < -0.3 is 9.80 Å². The fourth-order valence-electron chi connectivity index (χ4n) is 3.39. The average Bonchev–Trinajstić information content (AvgIpc) is 2.65. The van der Waals surface area contributed by atoms with Crippen molar-refractivity contribution in [3.8, 4) is 0 Å². The fraction of sp³-hybridized carbons (Fsp3) is 0.643. The summed E-state index contributed by atoms with van der Waals surface area (Å²) in [5.41, 5.74) is 0.0913. The molecule has 1 amide bonds. The fourth-order valence-corrected chi connectivity index (χ4v) is 3.39. The van der Waals surface area contributed by atoms with E-state index in [1.807, 2.05) is 18.1 Å². The topological polar surface area (TPSA) is 49.3 Å². The Morgan fingerprint density at radius 3 is 2.79 bits per heavy atom. The van der Waals surface area contributed by atoms with Crippen LogP contribution in [0.3, 0.4) is 0 Å². The van der Waals surface area contributed by atoms with E-state index in [4.69, 9.17) is 0 Å². The number of nitrogens with zero attached hydrogens (tertiary/aromatic N) is 4. The van der Waals surface area contributed by atoms with Gasteiger partial charge in [0.15, 0.2) is 0 Å². The zero-order valence-corrected chi connectivity index (χ0v) is 11.4. The predicted molar refractivity (Wildman–Crippen MR) is 72.8 cm³/mol. The van der Waals surface area contributed by atoms with Gasteiger partial charge in [-0.25, -0.2) is 4.98 Å². The number of likely N-dealkylation sites (tertiary alicyclic amines) is 1. The van der Waals surface area contributed by atoms with E-state index >= 15 is 0 Å². The number of carbonyl (C=O) groups is 1. The van der Waals surface area contributed by atoms with E-state index in [0.29, 0.717) is 12.3 Å². The quantitative estimate of drug-likeness (QED) is 0.767. The van der Waals surface area contributed by atoms with Crippen LogP contribution in [0.4, 0.5) is 5.82 Å².